The molecule has 0 amide bonds. The Hall–Kier alpha value is -0.690. The van der Waals surface area contributed by atoms with Crippen LogP contribution in [0, 0.1) is 0 Å². The van der Waals surface area contributed by atoms with Gasteiger partial charge in [-0.15, -0.1) is 4.52 Å². The summed E-state index contributed by atoms with van der Waals surface area (Å²) in [6, 6.07) is 7.40. The van der Waals surface area contributed by atoms with Gasteiger partial charge in [0.25, 0.3) is 0 Å². The first kappa shape index (κ1) is 12.4. The van der Waals surface area contributed by atoms with Crippen molar-refractivity contribution in [2.75, 3.05) is 6.61 Å². The molecule has 0 aliphatic heterocycles. The zero-order valence-corrected chi connectivity index (χ0v) is 10.4. The molecular weight excluding hydrogens is 231 g/mol. The summed E-state index contributed by atoms with van der Waals surface area (Å²) >= 11 is 5.77. The molecule has 1 rings (SSSR count). The van der Waals surface area contributed by atoms with Crippen molar-refractivity contribution in [1.29, 1.82) is 0 Å². The average molecular weight is 244 g/mol. The highest BCUT2D eigenvalue weighted by molar-refractivity contribution is 7.43. The molecule has 0 aliphatic carbocycles. The largest absolute Gasteiger partial charge is 0.541 e. The van der Waals surface area contributed by atoms with Gasteiger partial charge in [-0.05, 0) is 36.1 Å². The molecule has 1 aromatic rings. The molecule has 1 aromatic carbocycles. The van der Waals surface area contributed by atoms with Crippen LogP contribution in [-0.2, 0) is 9.09 Å². The lowest BCUT2D eigenvalue weighted by Gasteiger charge is -1.97. The van der Waals surface area contributed by atoms with E-state index in [1.54, 1.807) is 5.82 Å². The van der Waals surface area contributed by atoms with Gasteiger partial charge in [0, 0.05) is 10.6 Å². The SMILES string of the molecule is CCO[P+](=O)/C=C(\C)c1ccc(Cl)cc1. The van der Waals surface area contributed by atoms with E-state index < -0.39 is 8.03 Å². The van der Waals surface area contributed by atoms with E-state index in [4.69, 9.17) is 16.1 Å². The normalized spacial score (nSPS) is 12.7. The second-order valence-corrected chi connectivity index (χ2v) is 4.55. The van der Waals surface area contributed by atoms with Crippen molar-refractivity contribution in [2.45, 2.75) is 13.8 Å². The molecule has 0 aliphatic rings. The third-order valence-corrected chi connectivity index (χ3v) is 3.22. The molecule has 0 fully saturated rings. The maximum Gasteiger partial charge on any atom is 0.541 e. The molecule has 15 heavy (non-hydrogen) atoms. The van der Waals surface area contributed by atoms with Crippen molar-refractivity contribution >= 4 is 25.2 Å². The summed E-state index contributed by atoms with van der Waals surface area (Å²) in [6.45, 7) is 4.17. The summed E-state index contributed by atoms with van der Waals surface area (Å²) in [7, 11) is -1.70. The molecule has 0 N–H and O–H groups in total. The van der Waals surface area contributed by atoms with Crippen LogP contribution in [0.1, 0.15) is 19.4 Å². The minimum Gasteiger partial charge on any atom is -0.143 e. The molecule has 0 saturated carbocycles. The Bertz CT molecular complexity index is 371. The second kappa shape index (κ2) is 6.02. The Labute approximate surface area is 95.8 Å². The van der Waals surface area contributed by atoms with Crippen LogP contribution < -0.4 is 0 Å². The van der Waals surface area contributed by atoms with Gasteiger partial charge in [0.1, 0.15) is 6.61 Å². The molecular formula is C11H13ClO2P+. The molecule has 0 aromatic heterocycles. The molecule has 0 saturated heterocycles. The Morgan fingerprint density at radius 3 is 2.60 bits per heavy atom. The van der Waals surface area contributed by atoms with Crippen LogP contribution in [-0.4, -0.2) is 6.61 Å². The van der Waals surface area contributed by atoms with Crippen LogP contribution in [0.5, 0.6) is 0 Å². The fraction of sp³-hybridized carbons (Fsp3) is 0.273. The molecule has 2 nitrogen and oxygen atoms in total. The summed E-state index contributed by atoms with van der Waals surface area (Å²) in [4.78, 5) is 0. The van der Waals surface area contributed by atoms with E-state index in [0.717, 1.165) is 11.1 Å². The molecule has 80 valence electrons. The molecule has 0 heterocycles. The van der Waals surface area contributed by atoms with Crippen molar-refractivity contribution < 1.29 is 9.09 Å². The van der Waals surface area contributed by atoms with Gasteiger partial charge in [-0.1, -0.05) is 23.7 Å². The lowest BCUT2D eigenvalue weighted by atomic mass is 10.1. The fourth-order valence-corrected chi connectivity index (χ4v) is 2.03. The average Bonchev–Trinajstić information content (AvgIpc) is 2.18. The third kappa shape index (κ3) is 4.13. The van der Waals surface area contributed by atoms with E-state index in [-0.39, 0.29) is 0 Å². The van der Waals surface area contributed by atoms with Crippen molar-refractivity contribution in [3.05, 3.63) is 40.7 Å². The molecule has 0 bridgehead atoms. The van der Waals surface area contributed by atoms with Gasteiger partial charge >= 0.3 is 8.03 Å². The van der Waals surface area contributed by atoms with Gasteiger partial charge in [0.2, 0.25) is 0 Å². The maximum atomic E-state index is 11.3. The second-order valence-electron chi connectivity index (χ2n) is 3.02. The first-order chi connectivity index (χ1) is 7.13. The summed E-state index contributed by atoms with van der Waals surface area (Å²) in [6.07, 6.45) is 0. The first-order valence-electron chi connectivity index (χ1n) is 4.67. The predicted molar refractivity (Wildman–Crippen MR) is 64.3 cm³/mol. The molecule has 4 heteroatoms. The van der Waals surface area contributed by atoms with Gasteiger partial charge in [0.15, 0.2) is 5.82 Å². The van der Waals surface area contributed by atoms with Gasteiger partial charge in [0.05, 0.1) is 0 Å². The number of rotatable bonds is 4. The third-order valence-electron chi connectivity index (χ3n) is 1.85. The summed E-state index contributed by atoms with van der Waals surface area (Å²) < 4.78 is 16.3. The lowest BCUT2D eigenvalue weighted by Crippen LogP contribution is -1.79. The van der Waals surface area contributed by atoms with Crippen LogP contribution >= 0.6 is 19.6 Å². The zero-order valence-electron chi connectivity index (χ0n) is 8.74. The number of hydrogen-bond donors (Lipinski definition) is 0. The predicted octanol–water partition coefficient (Wildman–Crippen LogP) is 4.48. The number of halogens is 1. The van der Waals surface area contributed by atoms with Gasteiger partial charge < -0.3 is 0 Å². The maximum absolute atomic E-state index is 11.3. The standard InChI is InChI=1S/C11H13ClO2P/c1-3-14-15(13)8-9(2)10-4-6-11(12)7-5-10/h4-8H,3H2,1-2H3/q+1/b9-8+. The smallest absolute Gasteiger partial charge is 0.143 e. The highest BCUT2D eigenvalue weighted by atomic mass is 35.5. The summed E-state index contributed by atoms with van der Waals surface area (Å²) in [5, 5.41) is 0.695. The van der Waals surface area contributed by atoms with Crippen LogP contribution in [0.4, 0.5) is 0 Å². The van der Waals surface area contributed by atoms with E-state index in [0.29, 0.717) is 11.6 Å². The van der Waals surface area contributed by atoms with Crippen LogP contribution in [0.3, 0.4) is 0 Å². The quantitative estimate of drug-likeness (QED) is 0.729. The van der Waals surface area contributed by atoms with Crippen molar-refractivity contribution in [3.8, 4) is 0 Å². The number of hydrogen-bond acceptors (Lipinski definition) is 2. The highest BCUT2D eigenvalue weighted by Crippen LogP contribution is 2.29. The Balaban J connectivity index is 2.79. The number of benzene rings is 1. The Morgan fingerprint density at radius 1 is 1.47 bits per heavy atom. The van der Waals surface area contributed by atoms with E-state index in [1.807, 2.05) is 38.1 Å². The van der Waals surface area contributed by atoms with Crippen molar-refractivity contribution in [1.82, 2.24) is 0 Å². The molecule has 0 spiro atoms. The van der Waals surface area contributed by atoms with Crippen LogP contribution in [0.2, 0.25) is 5.02 Å². The van der Waals surface area contributed by atoms with Crippen LogP contribution in [0.25, 0.3) is 5.57 Å². The van der Waals surface area contributed by atoms with E-state index >= 15 is 0 Å². The lowest BCUT2D eigenvalue weighted by molar-refractivity contribution is 0.356. The minimum absolute atomic E-state index is 0.458. The highest BCUT2D eigenvalue weighted by Gasteiger charge is 2.13. The van der Waals surface area contributed by atoms with Crippen molar-refractivity contribution in [3.63, 3.8) is 0 Å². The molecule has 1 atom stereocenters. The van der Waals surface area contributed by atoms with Gasteiger partial charge in [-0.25, -0.2) is 0 Å². The Morgan fingerprint density at radius 2 is 2.07 bits per heavy atom. The summed E-state index contributed by atoms with van der Waals surface area (Å²) in [5.74, 6) is 1.63. The molecule has 0 radical (unpaired) electrons. The van der Waals surface area contributed by atoms with Gasteiger partial charge in [-0.3, -0.25) is 0 Å². The monoisotopic (exact) mass is 243 g/mol. The van der Waals surface area contributed by atoms with Gasteiger partial charge in [-0.2, -0.15) is 0 Å². The first-order valence-corrected chi connectivity index (χ1v) is 6.29. The van der Waals surface area contributed by atoms with Crippen LogP contribution in [0.15, 0.2) is 30.1 Å². The Kier molecular flexibility index (Phi) is 4.97. The van der Waals surface area contributed by atoms with E-state index in [1.165, 1.54) is 0 Å². The van der Waals surface area contributed by atoms with Crippen molar-refractivity contribution in [2.24, 2.45) is 0 Å². The van der Waals surface area contributed by atoms with E-state index in [2.05, 4.69) is 0 Å². The number of allylic oxidation sites excluding steroid dienone is 1. The topological polar surface area (TPSA) is 26.3 Å². The van der Waals surface area contributed by atoms with E-state index in [9.17, 15) is 4.57 Å². The minimum atomic E-state index is -1.70. The zero-order chi connectivity index (χ0) is 11.3. The fourth-order valence-electron chi connectivity index (χ4n) is 1.11. The molecule has 1 unspecified atom stereocenters. The summed E-state index contributed by atoms with van der Waals surface area (Å²) in [5.41, 5.74) is 1.93.